The second-order valence-electron chi connectivity index (χ2n) is 12.6. The lowest BCUT2D eigenvalue weighted by Gasteiger charge is -2.26. The Labute approximate surface area is 297 Å². The molecule has 0 N–H and O–H groups in total. The van der Waals surface area contributed by atoms with Crippen LogP contribution in [0, 0.1) is 0 Å². The summed E-state index contributed by atoms with van der Waals surface area (Å²) in [5, 5.41) is 2.67. The second-order valence-corrected chi connectivity index (χ2v) is 13.6. The quantitative estimate of drug-likeness (QED) is 0.165. The van der Waals surface area contributed by atoms with Gasteiger partial charge in [-0.3, -0.25) is 0 Å². The number of anilines is 3. The van der Waals surface area contributed by atoms with Crippen molar-refractivity contribution in [2.45, 2.75) is 0 Å². The topological polar surface area (TPSA) is 3.24 Å². The third kappa shape index (κ3) is 5.66. The molecule has 2 heteroatoms. The van der Waals surface area contributed by atoms with Crippen LogP contribution < -0.4 is 4.90 Å². The molecule has 0 radical (unpaired) electrons. The van der Waals surface area contributed by atoms with E-state index in [9.17, 15) is 0 Å². The smallest absolute Gasteiger partial charge is 0.0462 e. The zero-order valence-electron chi connectivity index (χ0n) is 27.4. The summed E-state index contributed by atoms with van der Waals surface area (Å²) in [6.45, 7) is 0. The van der Waals surface area contributed by atoms with E-state index in [1.54, 1.807) is 0 Å². The fourth-order valence-corrected chi connectivity index (χ4v) is 8.13. The van der Waals surface area contributed by atoms with Gasteiger partial charge in [-0.15, -0.1) is 11.3 Å². The van der Waals surface area contributed by atoms with E-state index in [1.807, 2.05) is 11.3 Å². The van der Waals surface area contributed by atoms with Crippen molar-refractivity contribution in [1.29, 1.82) is 0 Å². The van der Waals surface area contributed by atoms with Crippen LogP contribution in [0.5, 0.6) is 0 Å². The molecular weight excluding hydrogens is 623 g/mol. The van der Waals surface area contributed by atoms with Crippen molar-refractivity contribution < 1.29 is 0 Å². The lowest BCUT2D eigenvalue weighted by atomic mass is 9.96. The van der Waals surface area contributed by atoms with Gasteiger partial charge < -0.3 is 4.90 Å². The van der Waals surface area contributed by atoms with Crippen molar-refractivity contribution in [2.24, 2.45) is 0 Å². The molecule has 0 amide bonds. The van der Waals surface area contributed by atoms with E-state index in [-0.39, 0.29) is 0 Å². The Kier molecular flexibility index (Phi) is 7.77. The molecule has 9 aromatic rings. The molecule has 0 spiro atoms. The van der Waals surface area contributed by atoms with Crippen molar-refractivity contribution in [3.63, 3.8) is 0 Å². The summed E-state index contributed by atoms with van der Waals surface area (Å²) in [7, 11) is 0. The fraction of sp³-hybridized carbons (Fsp3) is 0. The summed E-state index contributed by atoms with van der Waals surface area (Å²) < 4.78 is 2.66. The summed E-state index contributed by atoms with van der Waals surface area (Å²) in [6, 6.07) is 72.2. The highest BCUT2D eigenvalue weighted by Crippen LogP contribution is 2.41. The van der Waals surface area contributed by atoms with Crippen LogP contribution in [0.2, 0.25) is 0 Å². The Hall–Kier alpha value is -6.22. The van der Waals surface area contributed by atoms with Gasteiger partial charge >= 0.3 is 0 Å². The van der Waals surface area contributed by atoms with Gasteiger partial charge in [0.05, 0.1) is 0 Å². The number of benzene rings is 8. The molecule has 0 saturated heterocycles. The number of hydrogen-bond acceptors (Lipinski definition) is 2. The fourth-order valence-electron chi connectivity index (χ4n) is 7.00. The van der Waals surface area contributed by atoms with Crippen LogP contribution in [0.4, 0.5) is 17.1 Å². The van der Waals surface area contributed by atoms with E-state index in [0.29, 0.717) is 0 Å². The molecule has 1 aromatic heterocycles. The van der Waals surface area contributed by atoms with Gasteiger partial charge in [0.25, 0.3) is 0 Å². The number of thiophene rings is 1. The first-order valence-electron chi connectivity index (χ1n) is 17.0. The molecule has 0 aliphatic carbocycles. The van der Waals surface area contributed by atoms with Gasteiger partial charge in [0.1, 0.15) is 0 Å². The average Bonchev–Trinajstić information content (AvgIpc) is 3.59. The lowest BCUT2D eigenvalue weighted by Crippen LogP contribution is -2.09. The minimum Gasteiger partial charge on any atom is -0.311 e. The monoisotopic (exact) mass is 655 g/mol. The Bertz CT molecular complexity index is 2470. The molecule has 50 heavy (non-hydrogen) atoms. The van der Waals surface area contributed by atoms with Crippen LogP contribution in [0.3, 0.4) is 0 Å². The van der Waals surface area contributed by atoms with Crippen molar-refractivity contribution in [1.82, 2.24) is 0 Å². The third-order valence-corrected chi connectivity index (χ3v) is 10.6. The van der Waals surface area contributed by atoms with Gasteiger partial charge in [-0.2, -0.15) is 0 Å². The van der Waals surface area contributed by atoms with Crippen molar-refractivity contribution in [3.8, 4) is 44.5 Å². The maximum atomic E-state index is 2.34. The van der Waals surface area contributed by atoms with Crippen LogP contribution >= 0.6 is 11.3 Å². The lowest BCUT2D eigenvalue weighted by molar-refractivity contribution is 1.28. The minimum absolute atomic E-state index is 1.11. The number of nitrogens with zero attached hydrogens (tertiary/aromatic N) is 1. The van der Waals surface area contributed by atoms with E-state index < -0.39 is 0 Å². The Balaban J connectivity index is 1.08. The predicted molar refractivity (Wildman–Crippen MR) is 216 cm³/mol. The molecule has 0 aliphatic heterocycles. The molecule has 236 valence electrons. The first-order chi connectivity index (χ1) is 24.8. The molecule has 0 aliphatic rings. The highest BCUT2D eigenvalue weighted by molar-refractivity contribution is 7.25. The van der Waals surface area contributed by atoms with Gasteiger partial charge in [0.2, 0.25) is 0 Å². The van der Waals surface area contributed by atoms with Crippen molar-refractivity contribution >= 4 is 48.6 Å². The van der Waals surface area contributed by atoms with E-state index >= 15 is 0 Å². The third-order valence-electron chi connectivity index (χ3n) is 9.50. The van der Waals surface area contributed by atoms with E-state index in [4.69, 9.17) is 0 Å². The largest absolute Gasteiger partial charge is 0.311 e. The summed E-state index contributed by atoms with van der Waals surface area (Å²) in [6.07, 6.45) is 0. The van der Waals surface area contributed by atoms with Crippen molar-refractivity contribution in [2.75, 3.05) is 4.90 Å². The predicted octanol–water partition coefficient (Wildman–Crippen LogP) is 14.2. The zero-order valence-corrected chi connectivity index (χ0v) is 28.2. The highest BCUT2D eigenvalue weighted by Gasteiger charge is 2.15. The Morgan fingerprint density at radius 1 is 0.300 bits per heavy atom. The van der Waals surface area contributed by atoms with E-state index in [0.717, 1.165) is 17.1 Å². The maximum Gasteiger partial charge on any atom is 0.0462 e. The SMILES string of the molecule is c1ccc(-c2ccc(N(c3ccc(-c4ccccc4)cc3)c3ccc(-c4cccc(-c5cccc6sc7ccccc7c56)c4)cc3)cc2)cc1. The first kappa shape index (κ1) is 29.9. The van der Waals surface area contributed by atoms with Crippen LogP contribution in [0.25, 0.3) is 64.7 Å². The number of hydrogen-bond donors (Lipinski definition) is 0. The molecule has 0 fully saturated rings. The van der Waals surface area contributed by atoms with E-state index in [2.05, 4.69) is 205 Å². The summed E-state index contributed by atoms with van der Waals surface area (Å²) in [5.41, 5.74) is 13.1. The second kappa shape index (κ2) is 13.0. The Morgan fingerprint density at radius 3 is 1.30 bits per heavy atom. The van der Waals surface area contributed by atoms with Gasteiger partial charge in [0, 0.05) is 37.2 Å². The standard InChI is InChI=1S/C48H33NS/c1-3-11-34(12-4-1)36-21-27-41(28-22-36)49(42-29-23-37(24-30-42)35-13-5-2-6-14-35)43-31-25-38(26-32-43)39-15-9-16-40(33-39)44-18-10-20-47-48(44)45-17-7-8-19-46(45)50-47/h1-33H. The van der Waals surface area contributed by atoms with Gasteiger partial charge in [-0.1, -0.05) is 146 Å². The van der Waals surface area contributed by atoms with Crippen LogP contribution in [-0.4, -0.2) is 0 Å². The maximum absolute atomic E-state index is 2.34. The molecule has 0 bridgehead atoms. The number of rotatable bonds is 7. The molecule has 1 nitrogen and oxygen atoms in total. The molecule has 0 saturated carbocycles. The minimum atomic E-state index is 1.11. The van der Waals surface area contributed by atoms with Crippen molar-refractivity contribution in [3.05, 3.63) is 200 Å². The van der Waals surface area contributed by atoms with Gasteiger partial charge in [0.15, 0.2) is 0 Å². The molecule has 0 atom stereocenters. The first-order valence-corrected chi connectivity index (χ1v) is 17.8. The molecule has 8 aromatic carbocycles. The van der Waals surface area contributed by atoms with Gasteiger partial charge in [-0.05, 0) is 99.1 Å². The molecule has 9 rings (SSSR count). The summed E-state index contributed by atoms with van der Waals surface area (Å²) >= 11 is 1.87. The normalized spacial score (nSPS) is 11.2. The van der Waals surface area contributed by atoms with Crippen LogP contribution in [0.1, 0.15) is 0 Å². The number of fused-ring (bicyclic) bond motifs is 3. The highest BCUT2D eigenvalue weighted by atomic mass is 32.1. The van der Waals surface area contributed by atoms with Crippen LogP contribution in [-0.2, 0) is 0 Å². The zero-order chi connectivity index (χ0) is 33.3. The molecule has 0 unspecified atom stereocenters. The molecule has 1 heterocycles. The summed E-state index contributed by atoms with van der Waals surface area (Å²) in [5.74, 6) is 0. The summed E-state index contributed by atoms with van der Waals surface area (Å²) in [4.78, 5) is 2.34. The average molecular weight is 656 g/mol. The Morgan fingerprint density at radius 2 is 0.720 bits per heavy atom. The molecular formula is C48H33NS. The van der Waals surface area contributed by atoms with E-state index in [1.165, 1.54) is 64.7 Å². The van der Waals surface area contributed by atoms with Crippen LogP contribution in [0.15, 0.2) is 200 Å². The van der Waals surface area contributed by atoms with Gasteiger partial charge in [-0.25, -0.2) is 0 Å².